The highest BCUT2D eigenvalue weighted by Crippen LogP contribution is 2.31. The van der Waals surface area contributed by atoms with E-state index in [9.17, 15) is 13.6 Å². The number of hydrogen-bond donors (Lipinski definition) is 3. The van der Waals surface area contributed by atoms with Crippen molar-refractivity contribution in [3.05, 3.63) is 22.1 Å². The molecule has 0 aliphatic rings. The number of aromatic hydroxyl groups is 2. The van der Waals surface area contributed by atoms with E-state index in [2.05, 4.69) is 0 Å². The lowest BCUT2D eigenvalue weighted by molar-refractivity contribution is 0.140. The van der Waals surface area contributed by atoms with Crippen molar-refractivity contribution < 1.29 is 19.0 Å². The molecule has 0 saturated heterocycles. The van der Waals surface area contributed by atoms with E-state index in [0.717, 1.165) is 0 Å². The average molecular weight is 177 g/mol. The molecule has 4 nitrogen and oxygen atoms in total. The molecular formula is C6H5F2NO3. The van der Waals surface area contributed by atoms with Gasteiger partial charge in [-0.25, -0.2) is 8.78 Å². The van der Waals surface area contributed by atoms with Crippen LogP contribution in [0.25, 0.3) is 0 Å². The van der Waals surface area contributed by atoms with Gasteiger partial charge in [-0.2, -0.15) is 0 Å². The third-order valence-corrected chi connectivity index (χ3v) is 1.24. The van der Waals surface area contributed by atoms with Crippen LogP contribution in [0.5, 0.6) is 11.5 Å². The zero-order chi connectivity index (χ0) is 9.30. The van der Waals surface area contributed by atoms with E-state index < -0.39 is 29.2 Å². The number of H-pyrrole nitrogens is 1. The fourth-order valence-corrected chi connectivity index (χ4v) is 0.716. The van der Waals surface area contributed by atoms with Crippen molar-refractivity contribution in [2.75, 3.05) is 0 Å². The predicted octanol–water partition coefficient (Wildman–Crippen LogP) is 0.724. The van der Waals surface area contributed by atoms with Crippen LogP contribution in [0.3, 0.4) is 0 Å². The normalized spacial score (nSPS) is 10.6. The van der Waals surface area contributed by atoms with E-state index in [-0.39, 0.29) is 0 Å². The molecule has 0 aromatic carbocycles. The van der Waals surface area contributed by atoms with Crippen molar-refractivity contribution in [1.29, 1.82) is 0 Å². The van der Waals surface area contributed by atoms with Crippen LogP contribution in [0.4, 0.5) is 8.78 Å². The lowest BCUT2D eigenvalue weighted by Gasteiger charge is -2.03. The number of aromatic amines is 1. The Hall–Kier alpha value is -1.59. The molecule has 0 amide bonds. The van der Waals surface area contributed by atoms with Gasteiger partial charge in [-0.1, -0.05) is 0 Å². The molecule has 0 spiro atoms. The molecule has 0 atom stereocenters. The second-order valence-corrected chi connectivity index (χ2v) is 2.08. The summed E-state index contributed by atoms with van der Waals surface area (Å²) in [5, 5.41) is 17.5. The van der Waals surface area contributed by atoms with Gasteiger partial charge in [0.2, 0.25) is 0 Å². The number of aromatic nitrogens is 1. The summed E-state index contributed by atoms with van der Waals surface area (Å²) >= 11 is 0. The Labute approximate surface area is 65.1 Å². The molecule has 0 aliphatic carbocycles. The molecule has 66 valence electrons. The first-order chi connectivity index (χ1) is 5.52. The first-order valence-corrected chi connectivity index (χ1v) is 2.95. The largest absolute Gasteiger partial charge is 0.504 e. The Bertz CT molecular complexity index is 347. The minimum Gasteiger partial charge on any atom is -0.504 e. The van der Waals surface area contributed by atoms with Gasteiger partial charge in [-0.15, -0.1) is 0 Å². The number of rotatable bonds is 1. The highest BCUT2D eigenvalue weighted by molar-refractivity contribution is 5.40. The SMILES string of the molecule is O=c1cc(O)c(O)c(C(F)F)[nH]1. The third kappa shape index (κ3) is 1.36. The minimum absolute atomic E-state index is 0.612. The maximum absolute atomic E-state index is 11.9. The van der Waals surface area contributed by atoms with Crippen molar-refractivity contribution in [1.82, 2.24) is 4.98 Å². The van der Waals surface area contributed by atoms with Crippen molar-refractivity contribution in [3.8, 4) is 11.5 Å². The molecule has 0 radical (unpaired) electrons. The monoisotopic (exact) mass is 177 g/mol. The van der Waals surface area contributed by atoms with Gasteiger partial charge in [-0.05, 0) is 0 Å². The van der Waals surface area contributed by atoms with Crippen molar-refractivity contribution in [2.45, 2.75) is 6.43 Å². The molecule has 1 aromatic rings. The Morgan fingerprint density at radius 2 is 2.00 bits per heavy atom. The predicted molar refractivity (Wildman–Crippen MR) is 35.3 cm³/mol. The highest BCUT2D eigenvalue weighted by Gasteiger charge is 2.16. The van der Waals surface area contributed by atoms with Gasteiger partial charge in [0.25, 0.3) is 12.0 Å². The molecule has 0 unspecified atom stereocenters. The number of hydrogen-bond acceptors (Lipinski definition) is 3. The quantitative estimate of drug-likeness (QED) is 0.591. The van der Waals surface area contributed by atoms with Gasteiger partial charge in [0.05, 0.1) is 0 Å². The number of pyridine rings is 1. The molecular weight excluding hydrogens is 172 g/mol. The summed E-state index contributed by atoms with van der Waals surface area (Å²) in [5.74, 6) is -1.85. The van der Waals surface area contributed by atoms with Crippen LogP contribution in [-0.4, -0.2) is 15.2 Å². The molecule has 1 rings (SSSR count). The number of nitrogens with one attached hydrogen (secondary N) is 1. The first kappa shape index (κ1) is 8.51. The van der Waals surface area contributed by atoms with Crippen LogP contribution in [0.1, 0.15) is 12.1 Å². The van der Waals surface area contributed by atoms with Crippen molar-refractivity contribution in [2.24, 2.45) is 0 Å². The fraction of sp³-hybridized carbons (Fsp3) is 0.167. The van der Waals surface area contributed by atoms with E-state index in [0.29, 0.717) is 6.07 Å². The molecule has 0 fully saturated rings. The first-order valence-electron chi connectivity index (χ1n) is 2.95. The van der Waals surface area contributed by atoms with Gasteiger partial charge >= 0.3 is 0 Å². The van der Waals surface area contributed by atoms with Gasteiger partial charge < -0.3 is 15.2 Å². The maximum Gasteiger partial charge on any atom is 0.282 e. The molecule has 1 aromatic heterocycles. The smallest absolute Gasteiger partial charge is 0.282 e. The summed E-state index contributed by atoms with van der Waals surface area (Å²) in [4.78, 5) is 12.2. The lowest BCUT2D eigenvalue weighted by Crippen LogP contribution is -2.07. The zero-order valence-corrected chi connectivity index (χ0v) is 5.71. The summed E-state index contributed by atoms with van der Waals surface area (Å²) in [7, 11) is 0. The van der Waals surface area contributed by atoms with Gasteiger partial charge in [0.15, 0.2) is 11.5 Å². The van der Waals surface area contributed by atoms with E-state index >= 15 is 0 Å². The lowest BCUT2D eigenvalue weighted by atomic mass is 10.3. The van der Waals surface area contributed by atoms with E-state index in [1.54, 1.807) is 4.98 Å². The Kier molecular flexibility index (Phi) is 1.99. The summed E-state index contributed by atoms with van der Waals surface area (Å²) in [6, 6.07) is 0.612. The molecule has 0 saturated carbocycles. The van der Waals surface area contributed by atoms with Crippen molar-refractivity contribution in [3.63, 3.8) is 0 Å². The molecule has 12 heavy (non-hydrogen) atoms. The van der Waals surface area contributed by atoms with Crippen LogP contribution in [0.15, 0.2) is 10.9 Å². The highest BCUT2D eigenvalue weighted by atomic mass is 19.3. The van der Waals surface area contributed by atoms with E-state index in [4.69, 9.17) is 10.2 Å². The molecule has 0 aliphatic heterocycles. The molecule has 1 heterocycles. The van der Waals surface area contributed by atoms with E-state index in [1.807, 2.05) is 0 Å². The Morgan fingerprint density at radius 3 is 2.50 bits per heavy atom. The number of halogens is 2. The van der Waals surface area contributed by atoms with Gasteiger partial charge in [0.1, 0.15) is 5.69 Å². The van der Waals surface area contributed by atoms with E-state index in [1.165, 1.54) is 0 Å². The van der Waals surface area contributed by atoms with Crippen LogP contribution >= 0.6 is 0 Å². The number of alkyl halides is 2. The van der Waals surface area contributed by atoms with Gasteiger partial charge in [0, 0.05) is 6.07 Å². The second kappa shape index (κ2) is 2.80. The summed E-state index contributed by atoms with van der Waals surface area (Å²) in [6.45, 7) is 0. The minimum atomic E-state index is -3.02. The second-order valence-electron chi connectivity index (χ2n) is 2.08. The molecule has 0 bridgehead atoms. The van der Waals surface area contributed by atoms with Crippen LogP contribution < -0.4 is 5.56 Å². The fourth-order valence-electron chi connectivity index (χ4n) is 0.716. The third-order valence-electron chi connectivity index (χ3n) is 1.24. The van der Waals surface area contributed by atoms with Crippen LogP contribution in [0.2, 0.25) is 0 Å². The summed E-state index contributed by atoms with van der Waals surface area (Å²) in [6.07, 6.45) is -3.02. The Morgan fingerprint density at radius 1 is 1.42 bits per heavy atom. The van der Waals surface area contributed by atoms with Crippen molar-refractivity contribution >= 4 is 0 Å². The maximum atomic E-state index is 11.9. The van der Waals surface area contributed by atoms with Crippen LogP contribution in [0, 0.1) is 0 Å². The molecule has 3 N–H and O–H groups in total. The van der Waals surface area contributed by atoms with Crippen LogP contribution in [-0.2, 0) is 0 Å². The summed E-state index contributed by atoms with van der Waals surface area (Å²) in [5.41, 5.74) is -1.86. The average Bonchev–Trinajstić information content (AvgIpc) is 1.96. The Balaban J connectivity index is 3.38. The van der Waals surface area contributed by atoms with Gasteiger partial charge in [-0.3, -0.25) is 4.79 Å². The molecule has 6 heteroatoms. The zero-order valence-electron chi connectivity index (χ0n) is 5.71. The topological polar surface area (TPSA) is 73.3 Å². The summed E-state index contributed by atoms with van der Waals surface area (Å²) < 4.78 is 23.9. The standard InChI is InChI=1S/C6H5F2NO3/c7-6(8)4-5(12)2(10)1-3(11)9-4/h1,6,12H,(H2,9,10,11).